The minimum absolute atomic E-state index is 0.0303. The topological polar surface area (TPSA) is 84.1 Å². The third-order valence-electron chi connectivity index (χ3n) is 6.01. The summed E-state index contributed by atoms with van der Waals surface area (Å²) in [5.74, 6) is 0.536. The molecule has 1 aromatic heterocycles. The lowest BCUT2D eigenvalue weighted by Crippen LogP contribution is -2.32. The number of allylic oxidation sites excluding steroid dienone is 2. The van der Waals surface area contributed by atoms with Crippen LogP contribution >= 0.6 is 11.8 Å². The zero-order valence-corrected chi connectivity index (χ0v) is 18.8. The number of ether oxygens (including phenoxy) is 1. The number of nitrogens with one attached hydrogen (secondary N) is 2. The summed E-state index contributed by atoms with van der Waals surface area (Å²) in [5.41, 5.74) is 2.76. The Morgan fingerprint density at radius 3 is 2.73 bits per heavy atom. The largest absolute Gasteiger partial charge is 0.496 e. The third kappa shape index (κ3) is 3.95. The third-order valence-corrected chi connectivity index (χ3v) is 6.93. The van der Waals surface area contributed by atoms with E-state index >= 15 is 0 Å². The Bertz CT molecular complexity index is 1330. The van der Waals surface area contributed by atoms with Crippen molar-refractivity contribution in [2.75, 3.05) is 12.4 Å². The van der Waals surface area contributed by atoms with Crippen molar-refractivity contribution in [3.8, 4) is 5.75 Å². The van der Waals surface area contributed by atoms with Crippen molar-refractivity contribution in [3.63, 3.8) is 0 Å². The Morgan fingerprint density at radius 1 is 1.12 bits per heavy atom. The SMILES string of the molecule is COc1ccccc1C1C2=C(CCCC2=O)Nc2nc(SCc3ccccc3F)[nH]c(=O)c21. The van der Waals surface area contributed by atoms with E-state index in [4.69, 9.17) is 4.74 Å². The second-order valence-electron chi connectivity index (χ2n) is 7.98. The molecule has 0 fully saturated rings. The van der Waals surface area contributed by atoms with Gasteiger partial charge >= 0.3 is 0 Å². The number of halogens is 1. The molecule has 2 heterocycles. The van der Waals surface area contributed by atoms with Crippen molar-refractivity contribution in [2.24, 2.45) is 0 Å². The highest BCUT2D eigenvalue weighted by Crippen LogP contribution is 2.45. The molecule has 0 bridgehead atoms. The van der Waals surface area contributed by atoms with Crippen LogP contribution in [0.15, 0.2) is 69.8 Å². The summed E-state index contributed by atoms with van der Waals surface area (Å²) in [5, 5.41) is 3.65. The number of carbonyl (C=O) groups excluding carboxylic acids is 1. The van der Waals surface area contributed by atoms with E-state index < -0.39 is 5.92 Å². The Kier molecular flexibility index (Phi) is 5.76. The van der Waals surface area contributed by atoms with E-state index in [9.17, 15) is 14.0 Å². The van der Waals surface area contributed by atoms with E-state index in [0.717, 1.165) is 17.7 Å². The molecule has 8 heteroatoms. The lowest BCUT2D eigenvalue weighted by Gasteiger charge is -2.33. The molecular weight excluding hydrogens is 441 g/mol. The predicted octanol–water partition coefficient (Wildman–Crippen LogP) is 4.77. The maximum atomic E-state index is 14.0. The minimum atomic E-state index is -0.568. The predicted molar refractivity (Wildman–Crippen MR) is 125 cm³/mol. The van der Waals surface area contributed by atoms with Gasteiger partial charge in [-0.2, -0.15) is 0 Å². The first-order valence-electron chi connectivity index (χ1n) is 10.7. The number of fused-ring (bicyclic) bond motifs is 1. The number of benzene rings is 2. The molecule has 3 aromatic rings. The summed E-state index contributed by atoms with van der Waals surface area (Å²) in [6, 6.07) is 14.0. The van der Waals surface area contributed by atoms with Gasteiger partial charge < -0.3 is 15.0 Å². The highest BCUT2D eigenvalue weighted by molar-refractivity contribution is 7.98. The van der Waals surface area contributed by atoms with Crippen LogP contribution in [0, 0.1) is 5.82 Å². The van der Waals surface area contributed by atoms with E-state index in [2.05, 4.69) is 15.3 Å². The molecule has 6 nitrogen and oxygen atoms in total. The van der Waals surface area contributed by atoms with E-state index in [1.807, 2.05) is 24.3 Å². The number of nitrogens with zero attached hydrogens (tertiary/aromatic N) is 1. The van der Waals surface area contributed by atoms with Crippen molar-refractivity contribution < 1.29 is 13.9 Å². The number of H-pyrrole nitrogens is 1. The fourth-order valence-corrected chi connectivity index (χ4v) is 5.33. The number of hydrogen-bond donors (Lipinski definition) is 2. The molecular formula is C25H22FN3O3S. The van der Waals surface area contributed by atoms with E-state index in [1.165, 1.54) is 17.8 Å². The number of carbonyl (C=O) groups is 1. The van der Waals surface area contributed by atoms with Gasteiger partial charge in [-0.25, -0.2) is 9.37 Å². The molecule has 1 atom stereocenters. The molecule has 0 radical (unpaired) electrons. The van der Waals surface area contributed by atoms with Crippen LogP contribution in [0.1, 0.15) is 41.9 Å². The molecule has 1 aliphatic heterocycles. The molecule has 168 valence electrons. The lowest BCUT2D eigenvalue weighted by atomic mass is 9.76. The first-order chi connectivity index (χ1) is 16.1. The second kappa shape index (κ2) is 8.86. The van der Waals surface area contributed by atoms with Gasteiger partial charge in [0.05, 0.1) is 18.6 Å². The molecule has 2 aromatic carbocycles. The van der Waals surface area contributed by atoms with Crippen LogP contribution in [0.5, 0.6) is 5.75 Å². The quantitative estimate of drug-likeness (QED) is 0.419. The van der Waals surface area contributed by atoms with Crippen LogP contribution < -0.4 is 15.6 Å². The summed E-state index contributed by atoms with van der Waals surface area (Å²) in [7, 11) is 1.57. The van der Waals surface area contributed by atoms with E-state index in [1.54, 1.807) is 25.3 Å². The molecule has 2 N–H and O–H groups in total. The van der Waals surface area contributed by atoms with Gasteiger partial charge in [0.1, 0.15) is 17.4 Å². The molecule has 0 spiro atoms. The zero-order valence-electron chi connectivity index (χ0n) is 18.0. The normalized spacial score (nSPS) is 17.3. The number of aromatic amines is 1. The van der Waals surface area contributed by atoms with Gasteiger partial charge in [-0.15, -0.1) is 0 Å². The maximum Gasteiger partial charge on any atom is 0.257 e. The Morgan fingerprint density at radius 2 is 1.91 bits per heavy atom. The molecule has 0 saturated carbocycles. The van der Waals surface area contributed by atoms with Crippen molar-refractivity contribution in [1.29, 1.82) is 0 Å². The zero-order chi connectivity index (χ0) is 22.9. The van der Waals surface area contributed by atoms with Gasteiger partial charge in [0, 0.05) is 29.0 Å². The monoisotopic (exact) mass is 463 g/mol. The molecule has 0 saturated heterocycles. The number of anilines is 1. The average Bonchev–Trinajstić information content (AvgIpc) is 2.82. The highest BCUT2D eigenvalue weighted by atomic mass is 32.2. The van der Waals surface area contributed by atoms with Crippen molar-refractivity contribution in [1.82, 2.24) is 9.97 Å². The number of aromatic nitrogens is 2. The average molecular weight is 464 g/mol. The lowest BCUT2D eigenvalue weighted by molar-refractivity contribution is -0.116. The van der Waals surface area contributed by atoms with Crippen LogP contribution in [-0.2, 0) is 10.5 Å². The second-order valence-corrected chi connectivity index (χ2v) is 8.95. The number of Topliss-reactive ketones (excluding diaryl/α,β-unsaturated/α-hetero) is 1. The van der Waals surface area contributed by atoms with E-state index in [-0.39, 0.29) is 17.2 Å². The number of rotatable bonds is 5. The molecule has 1 unspecified atom stereocenters. The van der Waals surface area contributed by atoms with Crippen LogP contribution in [0.4, 0.5) is 10.2 Å². The smallest absolute Gasteiger partial charge is 0.257 e. The number of thioether (sulfide) groups is 1. The van der Waals surface area contributed by atoms with Crippen molar-refractivity contribution in [3.05, 3.63) is 92.7 Å². The van der Waals surface area contributed by atoms with Crippen LogP contribution in [-0.4, -0.2) is 22.9 Å². The van der Waals surface area contributed by atoms with Gasteiger partial charge in [0.15, 0.2) is 10.9 Å². The Balaban J connectivity index is 1.59. The van der Waals surface area contributed by atoms with Gasteiger partial charge in [-0.1, -0.05) is 48.2 Å². The van der Waals surface area contributed by atoms with Gasteiger partial charge in [-0.3, -0.25) is 9.59 Å². The Hall–Kier alpha value is -3.39. The van der Waals surface area contributed by atoms with Crippen LogP contribution in [0.3, 0.4) is 0 Å². The van der Waals surface area contributed by atoms with Gasteiger partial charge in [-0.05, 0) is 30.5 Å². The number of methoxy groups -OCH3 is 1. The summed E-state index contributed by atoms with van der Waals surface area (Å²) in [4.78, 5) is 33.8. The summed E-state index contributed by atoms with van der Waals surface area (Å²) < 4.78 is 19.6. The molecule has 2 aliphatic rings. The summed E-state index contributed by atoms with van der Waals surface area (Å²) >= 11 is 1.25. The number of hydrogen-bond acceptors (Lipinski definition) is 6. The molecule has 0 amide bonds. The molecule has 33 heavy (non-hydrogen) atoms. The van der Waals surface area contributed by atoms with Crippen LogP contribution in [0.2, 0.25) is 0 Å². The summed E-state index contributed by atoms with van der Waals surface area (Å²) in [6.07, 6.45) is 1.90. The standard InChI is InChI=1S/C25H22FN3O3S/c1-32-19-12-5-3-8-15(19)20-21-17(10-6-11-18(21)30)27-23-22(20)24(31)29-25(28-23)33-13-14-7-2-4-9-16(14)26/h2-5,7-9,12,20H,6,10-11,13H2,1H3,(H2,27,28,29,31). The number of para-hydroxylation sites is 1. The summed E-state index contributed by atoms with van der Waals surface area (Å²) in [6.45, 7) is 0. The minimum Gasteiger partial charge on any atom is -0.496 e. The first-order valence-corrected chi connectivity index (χ1v) is 11.7. The highest BCUT2D eigenvalue weighted by Gasteiger charge is 2.39. The maximum absolute atomic E-state index is 14.0. The van der Waals surface area contributed by atoms with E-state index in [0.29, 0.717) is 52.0 Å². The molecule has 5 rings (SSSR count). The fourth-order valence-electron chi connectivity index (χ4n) is 4.49. The van der Waals surface area contributed by atoms with Crippen molar-refractivity contribution in [2.45, 2.75) is 36.1 Å². The molecule has 1 aliphatic carbocycles. The van der Waals surface area contributed by atoms with Crippen LogP contribution in [0.25, 0.3) is 0 Å². The van der Waals surface area contributed by atoms with Crippen molar-refractivity contribution >= 4 is 23.4 Å². The Labute approximate surface area is 194 Å². The first kappa shape index (κ1) is 21.5. The van der Waals surface area contributed by atoms with Gasteiger partial charge in [0.2, 0.25) is 0 Å². The fraction of sp³-hybridized carbons (Fsp3) is 0.240. The van der Waals surface area contributed by atoms with Gasteiger partial charge in [0.25, 0.3) is 5.56 Å². The number of ketones is 1.